The Morgan fingerprint density at radius 3 is 2.58 bits per heavy atom. The van der Waals surface area contributed by atoms with Crippen LogP contribution in [0.4, 0.5) is 21.7 Å². The van der Waals surface area contributed by atoms with Crippen molar-refractivity contribution in [3.8, 4) is 11.1 Å². The average molecular weight is 597 g/mol. The molecule has 0 aliphatic carbocycles. The number of rotatable bonds is 4. The first-order valence-electron chi connectivity index (χ1n) is 14.0. The van der Waals surface area contributed by atoms with E-state index in [-0.39, 0.29) is 23.9 Å². The predicted molar refractivity (Wildman–Crippen MR) is 168 cm³/mol. The lowest BCUT2D eigenvalue weighted by molar-refractivity contribution is 0.1000. The van der Waals surface area contributed by atoms with E-state index in [0.717, 1.165) is 11.1 Å². The Labute approximate surface area is 253 Å². The number of carbonyl (C=O) groups excluding carboxylic acids is 1. The SMILES string of the molecule is CC1CN(C(N)=NC(=O)c2ccc(Nc3ncc4c(n3)Cc3cc(Cl)cc(-c5ccccc5F)c3C=N4)cc2)CC(C)N1. The summed E-state index contributed by atoms with van der Waals surface area (Å²) in [5.41, 5.74) is 11.4. The summed E-state index contributed by atoms with van der Waals surface area (Å²) >= 11 is 6.46. The number of guanidine groups is 1. The molecule has 0 radical (unpaired) electrons. The van der Waals surface area contributed by atoms with Crippen LogP contribution in [0.3, 0.4) is 0 Å². The first kappa shape index (κ1) is 28.4. The minimum atomic E-state index is -0.408. The van der Waals surface area contributed by atoms with E-state index in [9.17, 15) is 9.18 Å². The normalized spacial score (nSPS) is 18.0. The number of benzene rings is 3. The molecule has 2 aliphatic heterocycles. The molecule has 1 fully saturated rings. The van der Waals surface area contributed by atoms with Crippen molar-refractivity contribution in [2.75, 3.05) is 18.4 Å². The van der Waals surface area contributed by atoms with Gasteiger partial charge in [0.2, 0.25) is 5.95 Å². The van der Waals surface area contributed by atoms with Crippen LogP contribution in [0, 0.1) is 5.82 Å². The topological polar surface area (TPSA) is 121 Å². The van der Waals surface area contributed by atoms with Gasteiger partial charge in [0.05, 0.1) is 11.9 Å². The van der Waals surface area contributed by atoms with Gasteiger partial charge in [-0.1, -0.05) is 29.8 Å². The summed E-state index contributed by atoms with van der Waals surface area (Å²) < 4.78 is 14.7. The minimum Gasteiger partial charge on any atom is -0.369 e. The zero-order chi connectivity index (χ0) is 30.1. The molecule has 0 saturated carbocycles. The monoisotopic (exact) mass is 596 g/mol. The van der Waals surface area contributed by atoms with Crippen LogP contribution in [0.5, 0.6) is 0 Å². The molecular formula is C32H30ClFN8O. The molecule has 2 unspecified atom stereocenters. The molecule has 43 heavy (non-hydrogen) atoms. The van der Waals surface area contributed by atoms with Crippen LogP contribution in [0.25, 0.3) is 11.1 Å². The van der Waals surface area contributed by atoms with E-state index in [1.807, 2.05) is 11.0 Å². The van der Waals surface area contributed by atoms with Crippen LogP contribution in [-0.2, 0) is 6.42 Å². The molecule has 6 rings (SSSR count). The van der Waals surface area contributed by atoms with E-state index in [1.54, 1.807) is 60.9 Å². The molecule has 1 saturated heterocycles. The molecule has 3 heterocycles. The summed E-state index contributed by atoms with van der Waals surface area (Å²) in [6.45, 7) is 5.52. The van der Waals surface area contributed by atoms with Crippen molar-refractivity contribution in [2.45, 2.75) is 32.4 Å². The molecule has 11 heteroatoms. The summed E-state index contributed by atoms with van der Waals surface area (Å²) in [5, 5.41) is 7.12. The maximum atomic E-state index is 14.7. The van der Waals surface area contributed by atoms with Gasteiger partial charge < -0.3 is 21.3 Å². The first-order chi connectivity index (χ1) is 20.7. The van der Waals surface area contributed by atoms with Gasteiger partial charge in [0.15, 0.2) is 5.96 Å². The third-order valence-electron chi connectivity index (χ3n) is 7.42. The van der Waals surface area contributed by atoms with E-state index in [0.29, 0.717) is 64.2 Å². The quantitative estimate of drug-likeness (QED) is 0.186. The molecular weight excluding hydrogens is 567 g/mol. The minimum absolute atomic E-state index is 0.220. The summed E-state index contributed by atoms with van der Waals surface area (Å²) in [7, 11) is 0. The number of nitrogens with zero attached hydrogens (tertiary/aromatic N) is 5. The fraction of sp³-hybridized carbons (Fsp3) is 0.219. The largest absolute Gasteiger partial charge is 0.369 e. The van der Waals surface area contributed by atoms with Gasteiger partial charge in [-0.3, -0.25) is 9.79 Å². The van der Waals surface area contributed by atoms with Crippen molar-refractivity contribution in [1.82, 2.24) is 20.2 Å². The van der Waals surface area contributed by atoms with Crippen LogP contribution in [0.15, 0.2) is 76.8 Å². The van der Waals surface area contributed by atoms with Crippen LogP contribution in [-0.4, -0.2) is 58.1 Å². The van der Waals surface area contributed by atoms with Crippen molar-refractivity contribution < 1.29 is 9.18 Å². The molecule has 0 spiro atoms. The number of piperazine rings is 1. The number of aliphatic imine (C=N–C) groups is 2. The second-order valence-corrected chi connectivity index (χ2v) is 11.3. The molecule has 4 aromatic rings. The number of hydrogen-bond acceptors (Lipinski definition) is 6. The Bertz CT molecular complexity index is 1750. The average Bonchev–Trinajstić information content (AvgIpc) is 3.15. The highest BCUT2D eigenvalue weighted by Crippen LogP contribution is 2.35. The van der Waals surface area contributed by atoms with Crippen molar-refractivity contribution in [3.05, 3.63) is 100 Å². The maximum Gasteiger partial charge on any atom is 0.280 e. The lowest BCUT2D eigenvalue weighted by Crippen LogP contribution is -2.57. The number of nitrogens with two attached hydrogens (primary N) is 1. The summed E-state index contributed by atoms with van der Waals surface area (Å²) in [6, 6.07) is 17.6. The predicted octanol–water partition coefficient (Wildman–Crippen LogP) is 5.47. The first-order valence-corrected chi connectivity index (χ1v) is 14.3. The lowest BCUT2D eigenvalue weighted by Gasteiger charge is -2.36. The highest BCUT2D eigenvalue weighted by molar-refractivity contribution is 6.31. The highest BCUT2D eigenvalue weighted by atomic mass is 35.5. The highest BCUT2D eigenvalue weighted by Gasteiger charge is 2.23. The van der Waals surface area contributed by atoms with Crippen LogP contribution in [0.1, 0.15) is 41.0 Å². The molecule has 2 aliphatic rings. The zero-order valence-electron chi connectivity index (χ0n) is 23.7. The van der Waals surface area contributed by atoms with E-state index in [1.165, 1.54) is 6.07 Å². The van der Waals surface area contributed by atoms with Gasteiger partial charge in [-0.25, -0.2) is 14.4 Å². The van der Waals surface area contributed by atoms with E-state index in [4.69, 9.17) is 22.3 Å². The molecule has 9 nitrogen and oxygen atoms in total. The van der Waals surface area contributed by atoms with E-state index >= 15 is 0 Å². The van der Waals surface area contributed by atoms with Crippen molar-refractivity contribution >= 4 is 47.0 Å². The Morgan fingerprint density at radius 1 is 1.09 bits per heavy atom. The van der Waals surface area contributed by atoms with Gasteiger partial charge in [0, 0.05) is 65.2 Å². The lowest BCUT2D eigenvalue weighted by atomic mass is 9.94. The summed E-state index contributed by atoms with van der Waals surface area (Å²) in [5.74, 6) is -0.149. The van der Waals surface area contributed by atoms with Gasteiger partial charge in [-0.05, 0) is 67.4 Å². The van der Waals surface area contributed by atoms with Gasteiger partial charge >= 0.3 is 0 Å². The number of halogens is 2. The van der Waals surface area contributed by atoms with Crippen LogP contribution >= 0.6 is 11.6 Å². The zero-order valence-corrected chi connectivity index (χ0v) is 24.4. The number of fused-ring (bicyclic) bond motifs is 2. The van der Waals surface area contributed by atoms with Gasteiger partial charge in [-0.2, -0.15) is 4.99 Å². The van der Waals surface area contributed by atoms with Crippen LogP contribution in [0.2, 0.25) is 5.02 Å². The fourth-order valence-corrected chi connectivity index (χ4v) is 5.72. The Kier molecular flexibility index (Phi) is 7.88. The molecule has 1 amide bonds. The van der Waals surface area contributed by atoms with E-state index < -0.39 is 5.91 Å². The van der Waals surface area contributed by atoms with Crippen molar-refractivity contribution in [1.29, 1.82) is 0 Å². The molecule has 3 aromatic carbocycles. The smallest absolute Gasteiger partial charge is 0.280 e. The molecule has 1 aromatic heterocycles. The fourth-order valence-electron chi connectivity index (χ4n) is 5.48. The number of aromatic nitrogens is 2. The Morgan fingerprint density at radius 2 is 1.84 bits per heavy atom. The third-order valence-corrected chi connectivity index (χ3v) is 7.63. The second kappa shape index (κ2) is 11.9. The molecule has 218 valence electrons. The molecule has 2 atom stereocenters. The summed E-state index contributed by atoms with van der Waals surface area (Å²) in [4.78, 5) is 32.6. The Balaban J connectivity index is 1.19. The number of carbonyl (C=O) groups is 1. The Hall–Kier alpha value is -4.67. The maximum absolute atomic E-state index is 14.7. The number of amides is 1. The third kappa shape index (κ3) is 6.25. The van der Waals surface area contributed by atoms with Crippen molar-refractivity contribution in [3.63, 3.8) is 0 Å². The summed E-state index contributed by atoms with van der Waals surface area (Å²) in [6.07, 6.45) is 3.79. The second-order valence-electron chi connectivity index (χ2n) is 10.8. The number of nitrogens with one attached hydrogen (secondary N) is 2. The van der Waals surface area contributed by atoms with Gasteiger partial charge in [0.25, 0.3) is 5.91 Å². The van der Waals surface area contributed by atoms with E-state index in [2.05, 4.69) is 39.4 Å². The number of hydrogen-bond donors (Lipinski definition) is 3. The molecule has 4 N–H and O–H groups in total. The number of anilines is 2. The van der Waals surface area contributed by atoms with Crippen LogP contribution < -0.4 is 16.4 Å². The van der Waals surface area contributed by atoms with Crippen molar-refractivity contribution in [2.24, 2.45) is 15.7 Å². The molecule has 0 bridgehead atoms. The standard InChI is InChI=1S/C32H30ClFN8O/c1-18-16-42(17-19(2)38-18)31(35)41-30(43)20-7-9-23(10-8-20)39-32-37-15-29-28(40-32)12-21-11-22(33)13-25(26(21)14-36-29)24-5-3-4-6-27(24)34/h3-11,13-15,18-19,38H,12,16-17H2,1-2H3,(H2,35,41,43)(H,37,39,40). The van der Waals surface area contributed by atoms with Gasteiger partial charge in [0.1, 0.15) is 11.5 Å². The van der Waals surface area contributed by atoms with Gasteiger partial charge in [-0.15, -0.1) is 0 Å².